The number of terminal acetylenes is 1. The van der Waals surface area contributed by atoms with Crippen LogP contribution < -0.4 is 0 Å². The summed E-state index contributed by atoms with van der Waals surface area (Å²) in [5, 5.41) is 0. The van der Waals surface area contributed by atoms with Gasteiger partial charge in [0.05, 0.1) is 0 Å². The van der Waals surface area contributed by atoms with Crippen molar-refractivity contribution in [2.75, 3.05) is 0 Å². The molecule has 8 heavy (non-hydrogen) atoms. The molecular weight excluding hydrogens is 96.1 g/mol. The molecule has 40 valence electrons. The minimum absolute atomic E-state index is 0. The van der Waals surface area contributed by atoms with Crippen molar-refractivity contribution in [1.29, 1.82) is 0 Å². The molecule has 0 saturated heterocycles. The zero-order valence-corrected chi connectivity index (χ0v) is 4.08. The molecule has 0 aliphatic carbocycles. The number of rotatable bonds is 0. The first-order valence-electron chi connectivity index (χ1n) is 1.79. The summed E-state index contributed by atoms with van der Waals surface area (Å²) in [6.07, 6.45) is 4.78. The van der Waals surface area contributed by atoms with E-state index in [0.29, 0.717) is 0 Å². The van der Waals surface area contributed by atoms with Gasteiger partial charge in [0.2, 0.25) is 0 Å². The molecule has 0 fully saturated rings. The summed E-state index contributed by atoms with van der Waals surface area (Å²) in [4.78, 5) is 0. The zero-order valence-electron chi connectivity index (χ0n) is 4.08. The Hall–Kier alpha value is -1.32. The Morgan fingerprint density at radius 3 is 2.12 bits per heavy atom. The maximum atomic E-state index is 4.78. The van der Waals surface area contributed by atoms with Crippen LogP contribution in [-0.2, 0) is 0 Å². The molecule has 0 aromatic rings. The Bertz CT molecular complexity index is 182. The zero-order chi connectivity index (χ0) is 5.54. The second kappa shape index (κ2) is 9.19. The summed E-state index contributed by atoms with van der Waals surface area (Å²) < 4.78 is 0. The normalized spacial score (nSPS) is 3.00. The predicted molar refractivity (Wildman–Crippen MR) is 36.8 cm³/mol. The van der Waals surface area contributed by atoms with Crippen LogP contribution in [0.5, 0.6) is 0 Å². The molecule has 0 amide bonds. The van der Waals surface area contributed by atoms with Gasteiger partial charge in [-0.2, -0.15) is 0 Å². The van der Waals surface area contributed by atoms with Gasteiger partial charge in [0.25, 0.3) is 0 Å². The van der Waals surface area contributed by atoms with E-state index in [4.69, 9.17) is 6.42 Å². The fourth-order valence-corrected chi connectivity index (χ4v) is 0.130. The highest BCUT2D eigenvalue weighted by atomic mass is 13.5. The largest absolute Gasteiger partial charge is 0.106 e. The fourth-order valence-electron chi connectivity index (χ4n) is 0.130. The second-order valence-electron chi connectivity index (χ2n) is 0.769. The second-order valence-corrected chi connectivity index (χ2v) is 0.769. The lowest BCUT2D eigenvalue weighted by Crippen LogP contribution is -1.46. The van der Waals surface area contributed by atoms with Crippen molar-refractivity contribution in [3.63, 3.8) is 0 Å². The Morgan fingerprint density at radius 1 is 1.12 bits per heavy atom. The topological polar surface area (TPSA) is 0 Å². The van der Waals surface area contributed by atoms with E-state index in [-0.39, 0.29) is 7.43 Å². The van der Waals surface area contributed by atoms with E-state index in [0.717, 1.165) is 0 Å². The Labute approximate surface area is 51.3 Å². The van der Waals surface area contributed by atoms with Crippen molar-refractivity contribution in [2.24, 2.45) is 0 Å². The Kier molecular flexibility index (Phi) is 11.3. The first kappa shape index (κ1) is 9.84. The molecule has 0 spiro atoms. The third kappa shape index (κ3) is 8.82. The van der Waals surface area contributed by atoms with Crippen LogP contribution in [0.2, 0.25) is 0 Å². The molecule has 0 N–H and O–H groups in total. The minimum Gasteiger partial charge on any atom is -0.106 e. The molecule has 0 heterocycles. The highest BCUT2D eigenvalue weighted by molar-refractivity contribution is 5.33. The molecule has 0 rings (SSSR count). The molecule has 0 atom stereocenters. The summed E-state index contributed by atoms with van der Waals surface area (Å²) in [7, 11) is 0. The SMILES string of the molecule is C.C#CC#CC#CC. The van der Waals surface area contributed by atoms with E-state index in [9.17, 15) is 0 Å². The molecule has 0 bridgehead atoms. The van der Waals surface area contributed by atoms with Crippen molar-refractivity contribution < 1.29 is 0 Å². The third-order valence-electron chi connectivity index (χ3n) is 0.322. The molecule has 0 aromatic carbocycles. The summed E-state index contributed by atoms with van der Waals surface area (Å²) in [6, 6.07) is 0. The Balaban J connectivity index is 0. The molecule has 0 nitrogen and oxygen atoms in total. The van der Waals surface area contributed by atoms with Gasteiger partial charge < -0.3 is 0 Å². The van der Waals surface area contributed by atoms with E-state index in [1.54, 1.807) is 6.92 Å². The third-order valence-corrected chi connectivity index (χ3v) is 0.322. The average Bonchev–Trinajstić information content (AvgIpc) is 1.69. The van der Waals surface area contributed by atoms with Crippen LogP contribution in [-0.4, -0.2) is 0 Å². The summed E-state index contributed by atoms with van der Waals surface area (Å²) in [5.74, 6) is 12.0. The smallest absolute Gasteiger partial charge is 0.00108 e. The quantitative estimate of drug-likeness (QED) is 0.406. The van der Waals surface area contributed by atoms with E-state index >= 15 is 0 Å². The molecule has 0 aliphatic heterocycles. The van der Waals surface area contributed by atoms with E-state index in [1.165, 1.54) is 0 Å². The van der Waals surface area contributed by atoms with Crippen molar-refractivity contribution in [3.8, 4) is 36.0 Å². The molecule has 0 heteroatoms. The van der Waals surface area contributed by atoms with Crippen LogP contribution >= 0.6 is 0 Å². The Morgan fingerprint density at radius 2 is 1.75 bits per heavy atom. The van der Waals surface area contributed by atoms with Gasteiger partial charge in [-0.1, -0.05) is 13.3 Å². The van der Waals surface area contributed by atoms with Gasteiger partial charge in [-0.05, 0) is 30.6 Å². The van der Waals surface area contributed by atoms with Crippen molar-refractivity contribution in [2.45, 2.75) is 14.4 Å². The fraction of sp³-hybridized carbons (Fsp3) is 0.250. The average molecular weight is 104 g/mol. The van der Waals surface area contributed by atoms with Crippen LogP contribution in [0.4, 0.5) is 0 Å². The van der Waals surface area contributed by atoms with Crippen molar-refractivity contribution in [1.82, 2.24) is 0 Å². The maximum Gasteiger partial charge on any atom is -0.00108 e. The van der Waals surface area contributed by atoms with E-state index in [1.807, 2.05) is 0 Å². The van der Waals surface area contributed by atoms with Gasteiger partial charge in [0.15, 0.2) is 0 Å². The lowest BCUT2D eigenvalue weighted by molar-refractivity contribution is 1.92. The van der Waals surface area contributed by atoms with Crippen molar-refractivity contribution in [3.05, 3.63) is 0 Å². The number of hydrogen-bond acceptors (Lipinski definition) is 0. The standard InChI is InChI=1S/C7H4.CH4/c1-3-5-7-6-4-2;/h1H,2H3;1H4. The highest BCUT2D eigenvalue weighted by Gasteiger charge is 1.45. The molecule has 0 aromatic heterocycles. The molecular formula is C8H8. The van der Waals surface area contributed by atoms with Gasteiger partial charge in [-0.25, -0.2) is 0 Å². The number of hydrogen-bond donors (Lipinski definition) is 0. The van der Waals surface area contributed by atoms with E-state index in [2.05, 4.69) is 29.6 Å². The summed E-state index contributed by atoms with van der Waals surface area (Å²) in [5.41, 5.74) is 0. The van der Waals surface area contributed by atoms with Crippen LogP contribution in [0.1, 0.15) is 14.4 Å². The highest BCUT2D eigenvalue weighted by Crippen LogP contribution is 1.48. The first-order valence-corrected chi connectivity index (χ1v) is 1.79. The van der Waals surface area contributed by atoms with Crippen LogP contribution in [0.25, 0.3) is 0 Å². The van der Waals surface area contributed by atoms with Gasteiger partial charge in [-0.15, -0.1) is 6.42 Å². The van der Waals surface area contributed by atoms with Crippen LogP contribution in [0.15, 0.2) is 0 Å². The van der Waals surface area contributed by atoms with Gasteiger partial charge in [0.1, 0.15) is 0 Å². The van der Waals surface area contributed by atoms with Gasteiger partial charge >= 0.3 is 0 Å². The van der Waals surface area contributed by atoms with Crippen molar-refractivity contribution >= 4 is 0 Å². The minimum atomic E-state index is 0. The maximum absolute atomic E-state index is 4.78. The lowest BCUT2D eigenvalue weighted by Gasteiger charge is -1.49. The van der Waals surface area contributed by atoms with Gasteiger partial charge in [-0.3, -0.25) is 0 Å². The molecule has 0 aliphatic rings. The molecule has 0 unspecified atom stereocenters. The van der Waals surface area contributed by atoms with Gasteiger partial charge in [0, 0.05) is 0 Å². The first-order chi connectivity index (χ1) is 3.41. The van der Waals surface area contributed by atoms with Crippen LogP contribution in [0, 0.1) is 36.0 Å². The lowest BCUT2D eigenvalue weighted by atomic mass is 10.5. The summed E-state index contributed by atoms with van der Waals surface area (Å²) >= 11 is 0. The van der Waals surface area contributed by atoms with Crippen LogP contribution in [0.3, 0.4) is 0 Å². The summed E-state index contributed by atoms with van der Waals surface area (Å²) in [6.45, 7) is 1.71. The molecule has 0 saturated carbocycles. The molecule has 0 radical (unpaired) electrons. The predicted octanol–water partition coefficient (Wildman–Crippen LogP) is 1.28. The monoisotopic (exact) mass is 104 g/mol. The van der Waals surface area contributed by atoms with E-state index < -0.39 is 0 Å².